The normalized spacial score (nSPS) is 18.5. The molecule has 36 heavy (non-hydrogen) atoms. The van der Waals surface area contributed by atoms with Gasteiger partial charge in [-0.3, -0.25) is 14.9 Å². The van der Waals surface area contributed by atoms with Crippen molar-refractivity contribution < 1.29 is 14.4 Å². The van der Waals surface area contributed by atoms with E-state index in [1.807, 2.05) is 30.6 Å². The average Bonchev–Trinajstić information content (AvgIpc) is 3.29. The predicted octanol–water partition coefficient (Wildman–Crippen LogP) is 4.44. The Morgan fingerprint density at radius 1 is 1.03 bits per heavy atom. The first-order valence-corrected chi connectivity index (χ1v) is 12.2. The van der Waals surface area contributed by atoms with E-state index in [-0.39, 0.29) is 5.82 Å². The van der Waals surface area contributed by atoms with Crippen LogP contribution in [0.15, 0.2) is 73.1 Å². The molecule has 4 aromatic rings. The zero-order valence-corrected chi connectivity index (χ0v) is 20.4. The first kappa shape index (κ1) is 24.0. The fraction of sp³-hybridized carbons (Fsp3) is 0.286. The van der Waals surface area contributed by atoms with Gasteiger partial charge in [-0.1, -0.05) is 24.3 Å². The number of fused-ring (bicyclic) bond motifs is 1. The highest BCUT2D eigenvalue weighted by atomic mass is 19.1. The van der Waals surface area contributed by atoms with E-state index in [0.717, 1.165) is 47.5 Å². The number of hydrogen-bond donors (Lipinski definition) is 2. The van der Waals surface area contributed by atoms with E-state index in [9.17, 15) is 9.18 Å². The molecule has 0 saturated carbocycles. The molecule has 0 radical (unpaired) electrons. The second-order valence-electron chi connectivity index (χ2n) is 9.55. The molecule has 2 unspecified atom stereocenters. The van der Waals surface area contributed by atoms with Crippen LogP contribution >= 0.6 is 0 Å². The summed E-state index contributed by atoms with van der Waals surface area (Å²) < 4.78 is 15.8. The fourth-order valence-electron chi connectivity index (χ4n) is 5.21. The Labute approximate surface area is 209 Å². The van der Waals surface area contributed by atoms with E-state index >= 15 is 0 Å². The molecule has 0 aliphatic carbocycles. The van der Waals surface area contributed by atoms with E-state index < -0.39 is 5.91 Å². The number of carbonyl (C=O) groups is 1. The Hall–Kier alpha value is -3.75. The number of pyridine rings is 1. The SMILES string of the molecule is CC1CN(c2ccnc3c2ccn3Cc2ccc(C(=O)NO)cc2)CC(C)N1Cc1cccc(F)c1. The minimum absolute atomic E-state index is 0.193. The lowest BCUT2D eigenvalue weighted by Gasteiger charge is -2.45. The maximum atomic E-state index is 13.7. The van der Waals surface area contributed by atoms with Gasteiger partial charge in [-0.15, -0.1) is 0 Å². The first-order valence-electron chi connectivity index (χ1n) is 12.2. The highest BCUT2D eigenvalue weighted by Gasteiger charge is 2.30. The van der Waals surface area contributed by atoms with Gasteiger partial charge in [0.1, 0.15) is 11.5 Å². The summed E-state index contributed by atoms with van der Waals surface area (Å²) in [6, 6.07) is 18.8. The van der Waals surface area contributed by atoms with Crippen molar-refractivity contribution in [2.45, 2.75) is 39.0 Å². The van der Waals surface area contributed by atoms with Crippen molar-refractivity contribution in [3.8, 4) is 0 Å². The molecule has 0 spiro atoms. The molecule has 8 heteroatoms. The van der Waals surface area contributed by atoms with E-state index in [1.54, 1.807) is 29.7 Å². The lowest BCUT2D eigenvalue weighted by molar-refractivity contribution is 0.0706. The van der Waals surface area contributed by atoms with Crippen molar-refractivity contribution in [1.29, 1.82) is 0 Å². The second kappa shape index (κ2) is 10.1. The number of hydroxylamine groups is 1. The number of hydrogen-bond acceptors (Lipinski definition) is 5. The minimum Gasteiger partial charge on any atom is -0.368 e. The van der Waals surface area contributed by atoms with E-state index in [1.165, 1.54) is 6.07 Å². The van der Waals surface area contributed by atoms with Crippen molar-refractivity contribution in [2.24, 2.45) is 0 Å². The van der Waals surface area contributed by atoms with Crippen molar-refractivity contribution in [3.63, 3.8) is 0 Å². The van der Waals surface area contributed by atoms with E-state index in [2.05, 4.69) is 45.3 Å². The largest absolute Gasteiger partial charge is 0.368 e. The monoisotopic (exact) mass is 487 g/mol. The summed E-state index contributed by atoms with van der Waals surface area (Å²) in [4.78, 5) is 21.1. The molecule has 2 atom stereocenters. The van der Waals surface area contributed by atoms with Crippen LogP contribution in [0.5, 0.6) is 0 Å². The highest BCUT2D eigenvalue weighted by Crippen LogP contribution is 2.30. The summed E-state index contributed by atoms with van der Waals surface area (Å²) in [7, 11) is 0. The summed E-state index contributed by atoms with van der Waals surface area (Å²) in [5, 5.41) is 9.91. The number of amides is 1. The van der Waals surface area contributed by atoms with Crippen LogP contribution in [0.25, 0.3) is 11.0 Å². The Morgan fingerprint density at radius 3 is 2.47 bits per heavy atom. The van der Waals surface area contributed by atoms with Crippen molar-refractivity contribution in [2.75, 3.05) is 18.0 Å². The van der Waals surface area contributed by atoms with Gasteiger partial charge in [0.15, 0.2) is 0 Å². The summed E-state index contributed by atoms with van der Waals surface area (Å²) in [5.41, 5.74) is 6.16. The van der Waals surface area contributed by atoms with Crippen LogP contribution in [0.2, 0.25) is 0 Å². The number of aromatic nitrogens is 2. The summed E-state index contributed by atoms with van der Waals surface area (Å²) in [5.74, 6) is -0.722. The molecule has 7 nitrogen and oxygen atoms in total. The Morgan fingerprint density at radius 2 is 1.78 bits per heavy atom. The third kappa shape index (κ3) is 4.82. The van der Waals surface area contributed by atoms with Crippen LogP contribution in [-0.2, 0) is 13.1 Å². The third-order valence-corrected chi connectivity index (χ3v) is 7.01. The number of rotatable bonds is 6. The number of nitrogens with one attached hydrogen (secondary N) is 1. The zero-order valence-electron chi connectivity index (χ0n) is 20.4. The molecule has 3 heterocycles. The molecule has 0 bridgehead atoms. The summed E-state index contributed by atoms with van der Waals surface area (Å²) >= 11 is 0. The van der Waals surface area contributed by atoms with Crippen LogP contribution in [0.4, 0.5) is 10.1 Å². The smallest absolute Gasteiger partial charge is 0.274 e. The third-order valence-electron chi connectivity index (χ3n) is 7.01. The molecular formula is C28H30FN5O2. The number of piperazine rings is 1. The maximum absolute atomic E-state index is 13.7. The van der Waals surface area contributed by atoms with Gasteiger partial charge in [0.25, 0.3) is 5.91 Å². The fourth-order valence-corrected chi connectivity index (χ4v) is 5.21. The van der Waals surface area contributed by atoms with Crippen LogP contribution in [-0.4, -0.2) is 50.7 Å². The predicted molar refractivity (Wildman–Crippen MR) is 138 cm³/mol. The Kier molecular flexibility index (Phi) is 6.71. The van der Waals surface area contributed by atoms with E-state index in [0.29, 0.717) is 24.2 Å². The zero-order chi connectivity index (χ0) is 25.2. The van der Waals surface area contributed by atoms with Crippen LogP contribution < -0.4 is 10.4 Å². The topological polar surface area (TPSA) is 73.6 Å². The van der Waals surface area contributed by atoms with E-state index in [4.69, 9.17) is 5.21 Å². The maximum Gasteiger partial charge on any atom is 0.274 e. The molecule has 1 fully saturated rings. The van der Waals surface area contributed by atoms with Gasteiger partial charge in [-0.2, -0.15) is 0 Å². The molecule has 1 amide bonds. The van der Waals surface area contributed by atoms with Gasteiger partial charge in [0, 0.05) is 67.3 Å². The van der Waals surface area contributed by atoms with Crippen LogP contribution in [0.3, 0.4) is 0 Å². The van der Waals surface area contributed by atoms with Crippen molar-refractivity contribution in [1.82, 2.24) is 19.9 Å². The number of anilines is 1. The van der Waals surface area contributed by atoms with Gasteiger partial charge in [0.2, 0.25) is 0 Å². The lowest BCUT2D eigenvalue weighted by Crippen LogP contribution is -2.56. The van der Waals surface area contributed by atoms with Crippen molar-refractivity contribution >= 4 is 22.6 Å². The van der Waals surface area contributed by atoms with Gasteiger partial charge >= 0.3 is 0 Å². The standard InChI is InChI=1S/C28H30FN5O2/c1-19-15-33(16-20(2)34(19)18-22-4-3-5-24(29)14-22)26-10-12-30-27-25(26)11-13-32(27)17-21-6-8-23(9-7-21)28(35)31-36/h3-14,19-20,36H,15-18H2,1-2H3,(H,31,35). The second-order valence-corrected chi connectivity index (χ2v) is 9.55. The van der Waals surface area contributed by atoms with Gasteiger partial charge in [-0.25, -0.2) is 14.9 Å². The van der Waals surface area contributed by atoms with Crippen LogP contribution in [0.1, 0.15) is 35.3 Å². The summed E-state index contributed by atoms with van der Waals surface area (Å²) in [6.45, 7) is 7.55. The quantitative estimate of drug-likeness (QED) is 0.311. The highest BCUT2D eigenvalue weighted by molar-refractivity contribution is 5.93. The lowest BCUT2D eigenvalue weighted by atomic mass is 10.0. The van der Waals surface area contributed by atoms with Gasteiger partial charge in [-0.05, 0) is 61.4 Å². The molecule has 2 N–H and O–H groups in total. The molecule has 1 aliphatic rings. The number of halogens is 1. The van der Waals surface area contributed by atoms with Crippen LogP contribution in [0, 0.1) is 5.82 Å². The molecule has 1 saturated heterocycles. The molecule has 186 valence electrons. The summed E-state index contributed by atoms with van der Waals surface area (Å²) in [6.07, 6.45) is 3.90. The Balaban J connectivity index is 1.34. The molecule has 1 aliphatic heterocycles. The number of nitrogens with zero attached hydrogens (tertiary/aromatic N) is 4. The number of benzene rings is 2. The number of carbonyl (C=O) groups excluding carboxylic acids is 1. The average molecular weight is 488 g/mol. The molecule has 2 aromatic carbocycles. The van der Waals surface area contributed by atoms with Crippen molar-refractivity contribution in [3.05, 3.63) is 95.6 Å². The minimum atomic E-state index is -0.529. The Bertz CT molecular complexity index is 1360. The van der Waals surface area contributed by atoms with Gasteiger partial charge < -0.3 is 9.47 Å². The molecule has 5 rings (SSSR count). The molecular weight excluding hydrogens is 457 g/mol. The first-order chi connectivity index (χ1) is 17.4. The molecule has 2 aromatic heterocycles. The van der Waals surface area contributed by atoms with Gasteiger partial charge in [0.05, 0.1) is 0 Å².